The first-order valence-corrected chi connectivity index (χ1v) is 13.6. The van der Waals surface area contributed by atoms with Gasteiger partial charge in [0.1, 0.15) is 5.75 Å². The lowest BCUT2D eigenvalue weighted by atomic mass is 9.79. The molecule has 0 aliphatic carbocycles. The van der Waals surface area contributed by atoms with Crippen molar-refractivity contribution in [2.75, 3.05) is 37.5 Å². The number of fused-ring (bicyclic) bond motifs is 1. The molecular weight excluding hydrogens is 447 g/mol. The van der Waals surface area contributed by atoms with Crippen molar-refractivity contribution in [2.45, 2.75) is 97.7 Å². The van der Waals surface area contributed by atoms with Gasteiger partial charge in [-0.25, -0.2) is 4.67 Å². The van der Waals surface area contributed by atoms with Gasteiger partial charge in [-0.15, -0.1) is 0 Å². The van der Waals surface area contributed by atoms with Gasteiger partial charge in [0.2, 0.25) is 0 Å². The molecule has 1 aliphatic rings. The normalized spacial score (nSPS) is 18.3. The quantitative estimate of drug-likeness (QED) is 0.193. The van der Waals surface area contributed by atoms with Crippen LogP contribution in [0.25, 0.3) is 0 Å². The standard InChI is InChI=1S/C26H45N4O3P/c1-19(2)30(20(3)4)34(33-15-11-12-27)32-14-10-9-13-29-24-17-25(31-8)23(28)16-22(24)21(5)18-26(29,6)7/h16-17,19-21H,9-11,13-15,18,28H2,1-8H3/t21-,34?/m1/s1. The van der Waals surface area contributed by atoms with Crippen molar-refractivity contribution in [3.8, 4) is 11.8 Å². The Balaban J connectivity index is 2.03. The molecule has 0 saturated heterocycles. The number of unbranched alkanes of at least 4 members (excludes halogenated alkanes) is 1. The third kappa shape index (κ3) is 7.21. The summed E-state index contributed by atoms with van der Waals surface area (Å²) in [6.07, 6.45) is 3.41. The third-order valence-corrected chi connectivity index (χ3v) is 8.49. The summed E-state index contributed by atoms with van der Waals surface area (Å²) in [5, 5.41) is 8.89. The average Bonchev–Trinajstić information content (AvgIpc) is 2.74. The van der Waals surface area contributed by atoms with Crippen LogP contribution >= 0.6 is 8.53 Å². The maximum atomic E-state index is 8.89. The SMILES string of the molecule is COc1cc2c(cc1N)[C@H](C)CC(C)(C)N2CCCCOP(OCCC#N)N(C(C)C)C(C)C. The van der Waals surface area contributed by atoms with E-state index in [1.807, 2.05) is 0 Å². The second kappa shape index (κ2) is 12.9. The molecule has 0 bridgehead atoms. The molecule has 2 N–H and O–H groups in total. The van der Waals surface area contributed by atoms with Gasteiger partial charge < -0.3 is 24.4 Å². The Morgan fingerprint density at radius 1 is 1.18 bits per heavy atom. The molecule has 0 fully saturated rings. The molecule has 1 unspecified atom stereocenters. The summed E-state index contributed by atoms with van der Waals surface area (Å²) < 4.78 is 20.1. The van der Waals surface area contributed by atoms with Crippen molar-refractivity contribution in [3.63, 3.8) is 0 Å². The molecule has 2 rings (SSSR count). The molecule has 2 atom stereocenters. The van der Waals surface area contributed by atoms with E-state index in [2.05, 4.69) is 76.2 Å². The molecular formula is C26H45N4O3P. The molecule has 1 aliphatic heterocycles. The molecule has 0 radical (unpaired) electrons. The fourth-order valence-electron chi connectivity index (χ4n) is 4.96. The fourth-order valence-corrected chi connectivity index (χ4v) is 6.58. The Kier molecular flexibility index (Phi) is 10.9. The minimum Gasteiger partial charge on any atom is -0.495 e. The van der Waals surface area contributed by atoms with Gasteiger partial charge in [0, 0.05) is 35.9 Å². The van der Waals surface area contributed by atoms with Crippen LogP contribution < -0.4 is 15.4 Å². The highest BCUT2D eigenvalue weighted by atomic mass is 31.2. The van der Waals surface area contributed by atoms with E-state index in [4.69, 9.17) is 24.8 Å². The van der Waals surface area contributed by atoms with Crippen molar-refractivity contribution in [3.05, 3.63) is 17.7 Å². The van der Waals surface area contributed by atoms with Crippen LogP contribution in [0.4, 0.5) is 11.4 Å². The topological polar surface area (TPSA) is 84.0 Å². The summed E-state index contributed by atoms with van der Waals surface area (Å²) >= 11 is 0. The highest BCUT2D eigenvalue weighted by Gasteiger charge is 2.36. The fraction of sp³-hybridized carbons (Fsp3) is 0.731. The van der Waals surface area contributed by atoms with E-state index in [9.17, 15) is 0 Å². The number of methoxy groups -OCH3 is 1. The molecule has 0 spiro atoms. The van der Waals surface area contributed by atoms with Gasteiger partial charge in [-0.1, -0.05) is 6.92 Å². The van der Waals surface area contributed by atoms with Crippen molar-refractivity contribution >= 4 is 19.9 Å². The van der Waals surface area contributed by atoms with Gasteiger partial charge >= 0.3 is 0 Å². The van der Waals surface area contributed by atoms with E-state index in [1.54, 1.807) is 7.11 Å². The lowest BCUT2D eigenvalue weighted by molar-refractivity contribution is 0.174. The second-order valence-electron chi connectivity index (χ2n) is 10.3. The summed E-state index contributed by atoms with van der Waals surface area (Å²) in [7, 11) is 0.487. The van der Waals surface area contributed by atoms with Crippen molar-refractivity contribution in [2.24, 2.45) is 0 Å². The molecule has 7 nitrogen and oxygen atoms in total. The molecule has 0 amide bonds. The van der Waals surface area contributed by atoms with Crippen LogP contribution in [0.2, 0.25) is 0 Å². The zero-order valence-corrected chi connectivity index (χ0v) is 23.3. The Morgan fingerprint density at radius 2 is 1.82 bits per heavy atom. The number of nitrogens with zero attached hydrogens (tertiary/aromatic N) is 3. The monoisotopic (exact) mass is 492 g/mol. The summed E-state index contributed by atoms with van der Waals surface area (Å²) in [6.45, 7) is 17.5. The molecule has 1 aromatic carbocycles. The number of anilines is 2. The zero-order chi connectivity index (χ0) is 25.5. The first-order valence-electron chi connectivity index (χ1n) is 12.5. The lowest BCUT2D eigenvalue weighted by Gasteiger charge is -2.48. The van der Waals surface area contributed by atoms with Gasteiger partial charge in [0.05, 0.1) is 38.5 Å². The largest absolute Gasteiger partial charge is 0.495 e. The number of ether oxygens (including phenoxy) is 1. The predicted octanol–water partition coefficient (Wildman–Crippen LogP) is 6.44. The maximum Gasteiger partial charge on any atom is 0.259 e. The Morgan fingerprint density at radius 3 is 2.41 bits per heavy atom. The highest BCUT2D eigenvalue weighted by molar-refractivity contribution is 7.44. The summed E-state index contributed by atoms with van der Waals surface area (Å²) in [5.74, 6) is 1.18. The molecule has 1 aromatic rings. The average molecular weight is 493 g/mol. The van der Waals surface area contributed by atoms with Crippen molar-refractivity contribution < 1.29 is 13.8 Å². The first-order chi connectivity index (χ1) is 16.0. The predicted molar refractivity (Wildman–Crippen MR) is 142 cm³/mol. The van der Waals surface area contributed by atoms with Gasteiger partial charge in [0.15, 0.2) is 0 Å². The van der Waals surface area contributed by atoms with E-state index in [-0.39, 0.29) is 5.54 Å². The van der Waals surface area contributed by atoms with Crippen molar-refractivity contribution in [1.29, 1.82) is 5.26 Å². The van der Waals surface area contributed by atoms with Crippen LogP contribution in [0.3, 0.4) is 0 Å². The van der Waals surface area contributed by atoms with Gasteiger partial charge in [-0.3, -0.25) is 0 Å². The Bertz CT molecular complexity index is 817. The minimum atomic E-state index is -1.18. The number of hydrogen-bond acceptors (Lipinski definition) is 7. The maximum absolute atomic E-state index is 8.89. The van der Waals surface area contributed by atoms with Crippen LogP contribution in [-0.2, 0) is 9.05 Å². The minimum absolute atomic E-state index is 0.0491. The van der Waals surface area contributed by atoms with Crippen LogP contribution in [-0.4, -0.2) is 49.2 Å². The van der Waals surface area contributed by atoms with Crippen molar-refractivity contribution in [1.82, 2.24) is 4.67 Å². The molecule has 0 saturated carbocycles. The number of nitriles is 1. The molecule has 1 heterocycles. The van der Waals surface area contributed by atoms with E-state index in [0.29, 0.717) is 43.3 Å². The summed E-state index contributed by atoms with van der Waals surface area (Å²) in [4.78, 5) is 2.51. The van der Waals surface area contributed by atoms with Gasteiger partial charge in [-0.2, -0.15) is 5.26 Å². The number of nitrogens with two attached hydrogens (primary N) is 1. The molecule has 192 valence electrons. The van der Waals surface area contributed by atoms with E-state index < -0.39 is 8.53 Å². The Labute approximate surface area is 208 Å². The van der Waals surface area contributed by atoms with Crippen LogP contribution in [0.1, 0.15) is 85.6 Å². The van der Waals surface area contributed by atoms with E-state index in [1.165, 1.54) is 11.3 Å². The highest BCUT2D eigenvalue weighted by Crippen LogP contribution is 2.47. The lowest BCUT2D eigenvalue weighted by Crippen LogP contribution is -2.48. The van der Waals surface area contributed by atoms with Gasteiger partial charge in [-0.05, 0) is 78.4 Å². The van der Waals surface area contributed by atoms with Gasteiger partial charge in [0.25, 0.3) is 8.53 Å². The summed E-state index contributed by atoms with van der Waals surface area (Å²) in [5.41, 5.74) is 9.49. The number of benzene rings is 1. The van der Waals surface area contributed by atoms with Crippen LogP contribution in [0.5, 0.6) is 5.75 Å². The number of rotatable bonds is 13. The van der Waals surface area contributed by atoms with Crippen LogP contribution in [0.15, 0.2) is 12.1 Å². The zero-order valence-electron chi connectivity index (χ0n) is 22.4. The van der Waals surface area contributed by atoms with E-state index in [0.717, 1.165) is 31.6 Å². The summed E-state index contributed by atoms with van der Waals surface area (Å²) in [6, 6.07) is 6.96. The second-order valence-corrected chi connectivity index (χ2v) is 11.8. The van der Waals surface area contributed by atoms with E-state index >= 15 is 0 Å². The molecule has 8 heteroatoms. The number of hydrogen-bond donors (Lipinski definition) is 1. The third-order valence-electron chi connectivity index (χ3n) is 6.38. The molecule has 0 aromatic heterocycles. The Hall–Kier alpha value is -1.58. The number of nitrogen functional groups attached to an aromatic ring is 1. The first kappa shape index (κ1) is 28.7. The van der Waals surface area contributed by atoms with Crippen LogP contribution in [0, 0.1) is 11.3 Å². The smallest absolute Gasteiger partial charge is 0.259 e. The molecule has 34 heavy (non-hydrogen) atoms.